The highest BCUT2D eigenvalue weighted by atomic mass is 16.6. The minimum Gasteiger partial charge on any atom is -0.469 e. The number of unbranched alkanes of at least 4 members (excludes halogenated alkanes) is 11. The van der Waals surface area contributed by atoms with Crippen LogP contribution in [0.3, 0.4) is 0 Å². The number of aliphatic imine (C=N–C) groups is 1. The van der Waals surface area contributed by atoms with Gasteiger partial charge in [-0.3, -0.25) is 9.59 Å². The van der Waals surface area contributed by atoms with Crippen molar-refractivity contribution in [1.82, 2.24) is 10.2 Å². The lowest BCUT2D eigenvalue weighted by atomic mass is 9.80. The van der Waals surface area contributed by atoms with Crippen molar-refractivity contribution in [2.24, 2.45) is 10.9 Å². The Balaban J connectivity index is 1.06. The second-order valence-electron chi connectivity index (χ2n) is 14.9. The van der Waals surface area contributed by atoms with E-state index in [9.17, 15) is 9.59 Å². The van der Waals surface area contributed by atoms with Gasteiger partial charge in [0.25, 0.3) is 0 Å². The smallest absolute Gasteiger partial charge is 0.316 e. The molecule has 0 aromatic rings. The quantitative estimate of drug-likeness (QED) is 0.0965. The molecule has 5 aliphatic heterocycles. The molecule has 3 saturated heterocycles. The molecular formula is C38H63N3O6. The van der Waals surface area contributed by atoms with Crippen LogP contribution in [0.5, 0.6) is 0 Å². The average molecular weight is 658 g/mol. The highest BCUT2D eigenvalue weighted by Crippen LogP contribution is 2.50. The molecule has 1 N–H and O–H groups in total. The minimum atomic E-state index is -0.873. The molecule has 7 atom stereocenters. The van der Waals surface area contributed by atoms with Crippen LogP contribution < -0.4 is 5.32 Å². The van der Waals surface area contributed by atoms with Crippen LogP contribution in [0.2, 0.25) is 0 Å². The van der Waals surface area contributed by atoms with E-state index in [0.29, 0.717) is 19.1 Å². The number of allylic oxidation sites excluding steroid dienone is 1. The maximum Gasteiger partial charge on any atom is 0.316 e. The van der Waals surface area contributed by atoms with Crippen molar-refractivity contribution in [3.05, 3.63) is 12.2 Å². The molecule has 0 aromatic heterocycles. The van der Waals surface area contributed by atoms with Crippen LogP contribution in [0.25, 0.3) is 0 Å². The number of nitrogens with one attached hydrogen (secondary N) is 1. The number of esters is 2. The molecule has 3 fully saturated rings. The van der Waals surface area contributed by atoms with Gasteiger partial charge in [0, 0.05) is 18.9 Å². The zero-order valence-electron chi connectivity index (χ0n) is 29.6. The predicted octanol–water partition coefficient (Wildman–Crippen LogP) is 7.71. The van der Waals surface area contributed by atoms with E-state index in [2.05, 4.69) is 36.2 Å². The fourth-order valence-corrected chi connectivity index (χ4v) is 8.78. The maximum atomic E-state index is 14.0. The molecule has 0 aliphatic carbocycles. The summed E-state index contributed by atoms with van der Waals surface area (Å²) < 4.78 is 24.2. The van der Waals surface area contributed by atoms with E-state index < -0.39 is 17.4 Å². The number of carbonyl (C=O) groups excluding carboxylic acids is 2. The summed E-state index contributed by atoms with van der Waals surface area (Å²) in [5, 5.41) is 3.79. The summed E-state index contributed by atoms with van der Waals surface area (Å²) in [6.45, 7) is 4.77. The molecule has 5 heterocycles. The summed E-state index contributed by atoms with van der Waals surface area (Å²) >= 11 is 0. The molecule has 9 nitrogen and oxygen atoms in total. The molecule has 0 amide bonds. The molecule has 0 radical (unpaired) electrons. The van der Waals surface area contributed by atoms with E-state index in [1.54, 1.807) is 0 Å². The van der Waals surface area contributed by atoms with E-state index in [4.69, 9.17) is 23.9 Å². The zero-order valence-corrected chi connectivity index (χ0v) is 29.6. The molecule has 0 saturated carbocycles. The molecule has 0 aromatic carbocycles. The maximum absolute atomic E-state index is 14.0. The number of methoxy groups -OCH3 is 1. The van der Waals surface area contributed by atoms with E-state index in [0.717, 1.165) is 89.4 Å². The molecule has 2 spiro atoms. The topological polar surface area (TPSA) is 98.7 Å². The predicted molar refractivity (Wildman–Crippen MR) is 184 cm³/mol. The highest BCUT2D eigenvalue weighted by Gasteiger charge is 2.62. The van der Waals surface area contributed by atoms with E-state index in [-0.39, 0.29) is 30.2 Å². The third-order valence-electron chi connectivity index (χ3n) is 11.3. The number of carbonyl (C=O) groups is 2. The Labute approximate surface area is 284 Å². The lowest BCUT2D eigenvalue weighted by Gasteiger charge is -2.55. The molecule has 47 heavy (non-hydrogen) atoms. The Morgan fingerprint density at radius 1 is 0.957 bits per heavy atom. The Kier molecular flexibility index (Phi) is 13.5. The first-order valence-corrected chi connectivity index (χ1v) is 19.3. The number of guanidine groups is 1. The van der Waals surface area contributed by atoms with Gasteiger partial charge in [0.1, 0.15) is 11.6 Å². The first kappa shape index (κ1) is 36.2. The lowest BCUT2D eigenvalue weighted by molar-refractivity contribution is -0.194. The monoisotopic (exact) mass is 657 g/mol. The van der Waals surface area contributed by atoms with Crippen molar-refractivity contribution in [3.63, 3.8) is 0 Å². The fraction of sp³-hybridized carbons (Fsp3) is 0.868. The molecular weight excluding hydrogens is 594 g/mol. The first-order valence-electron chi connectivity index (χ1n) is 19.3. The van der Waals surface area contributed by atoms with E-state index >= 15 is 0 Å². The summed E-state index contributed by atoms with van der Waals surface area (Å²) in [6, 6.07) is 0.350. The van der Waals surface area contributed by atoms with E-state index in [1.165, 1.54) is 58.5 Å². The van der Waals surface area contributed by atoms with Gasteiger partial charge < -0.3 is 29.2 Å². The molecule has 5 aliphatic rings. The Morgan fingerprint density at radius 3 is 2.34 bits per heavy atom. The number of hydrogen-bond acceptors (Lipinski definition) is 9. The lowest BCUT2D eigenvalue weighted by Crippen LogP contribution is -2.71. The molecule has 5 rings (SSSR count). The number of ether oxygens (including phenoxy) is 4. The van der Waals surface area contributed by atoms with Gasteiger partial charge in [-0.1, -0.05) is 83.3 Å². The summed E-state index contributed by atoms with van der Waals surface area (Å²) in [5.41, 5.74) is -1.30. The second-order valence-corrected chi connectivity index (χ2v) is 14.9. The fourth-order valence-electron chi connectivity index (χ4n) is 8.78. The van der Waals surface area contributed by atoms with Gasteiger partial charge in [-0.15, -0.1) is 0 Å². The summed E-state index contributed by atoms with van der Waals surface area (Å²) in [4.78, 5) is 32.9. The molecule has 7 unspecified atom stereocenters. The van der Waals surface area contributed by atoms with Crippen molar-refractivity contribution in [3.8, 4) is 0 Å². The van der Waals surface area contributed by atoms with Crippen LogP contribution >= 0.6 is 0 Å². The Bertz CT molecular complexity index is 1080. The molecule has 266 valence electrons. The first-order chi connectivity index (χ1) is 22.9. The van der Waals surface area contributed by atoms with Gasteiger partial charge >= 0.3 is 11.9 Å². The SMILES string of the molecule is CCC1C=CCCC2(CC3CCC4C(C(=O)OCCCCCCCCCCCCCCC(=O)OC)C5(CCCC(C)O5)N=C(N2)N34)O1. The standard InChI is InChI=1S/C38H63N3O6/c1-4-31-21-16-17-25-37(47-31)28-30-23-24-32-34(38(26-19-20-29(2)46-38)40-36(39-37)41(30)32)35(43)45-27-18-14-12-10-8-6-5-7-9-11-13-15-22-33(42)44-3/h16,21,29-32,34H,4-15,17-20,22-28H2,1-3H3,(H,39,40). The largest absolute Gasteiger partial charge is 0.469 e. The minimum absolute atomic E-state index is 0.0425. The second kappa shape index (κ2) is 17.5. The third-order valence-corrected chi connectivity index (χ3v) is 11.3. The van der Waals surface area contributed by atoms with Crippen molar-refractivity contribution in [2.45, 2.75) is 191 Å². The summed E-state index contributed by atoms with van der Waals surface area (Å²) in [6.07, 6.45) is 27.8. The molecule has 0 bridgehead atoms. The van der Waals surface area contributed by atoms with Crippen LogP contribution in [0.15, 0.2) is 17.1 Å². The van der Waals surface area contributed by atoms with Gasteiger partial charge in [-0.2, -0.15) is 0 Å². The van der Waals surface area contributed by atoms with Crippen molar-refractivity contribution in [2.75, 3.05) is 13.7 Å². The van der Waals surface area contributed by atoms with Gasteiger partial charge in [-0.05, 0) is 71.1 Å². The highest BCUT2D eigenvalue weighted by molar-refractivity contribution is 5.87. The molecule has 9 heteroatoms. The van der Waals surface area contributed by atoms with Crippen molar-refractivity contribution in [1.29, 1.82) is 0 Å². The Hall–Kier alpha value is -2.13. The Morgan fingerprint density at radius 2 is 1.66 bits per heavy atom. The van der Waals surface area contributed by atoms with Crippen molar-refractivity contribution >= 4 is 17.9 Å². The summed E-state index contributed by atoms with van der Waals surface area (Å²) in [5.74, 6) is 0.248. The summed E-state index contributed by atoms with van der Waals surface area (Å²) in [7, 11) is 1.46. The van der Waals surface area contributed by atoms with E-state index in [1.807, 2.05) is 0 Å². The van der Waals surface area contributed by atoms with Crippen LogP contribution in [0.4, 0.5) is 0 Å². The van der Waals surface area contributed by atoms with Gasteiger partial charge in [-0.25, -0.2) is 4.99 Å². The number of rotatable bonds is 17. The number of hydrogen-bond donors (Lipinski definition) is 1. The normalized spacial score (nSPS) is 32.9. The van der Waals surface area contributed by atoms with Gasteiger partial charge in [0.05, 0.1) is 32.0 Å². The van der Waals surface area contributed by atoms with Crippen LogP contribution in [-0.2, 0) is 28.5 Å². The van der Waals surface area contributed by atoms with Crippen LogP contribution in [0, 0.1) is 5.92 Å². The zero-order chi connectivity index (χ0) is 33.1. The average Bonchev–Trinajstić information content (AvgIpc) is 3.36. The third kappa shape index (κ3) is 9.31. The number of nitrogens with zero attached hydrogens (tertiary/aromatic N) is 2. The van der Waals surface area contributed by atoms with Gasteiger partial charge in [0.15, 0.2) is 11.7 Å². The van der Waals surface area contributed by atoms with Crippen molar-refractivity contribution < 1.29 is 28.5 Å². The van der Waals surface area contributed by atoms with Crippen LogP contribution in [-0.4, -0.2) is 72.3 Å². The van der Waals surface area contributed by atoms with Gasteiger partial charge in [0.2, 0.25) is 0 Å². The van der Waals surface area contributed by atoms with Crippen LogP contribution in [0.1, 0.15) is 155 Å².